The standard InChI is InChI=1S/C10H14N.2C5H5.CH3.Zr/c1-10(2,3)8-4-6-9(11)7-5-8;2*1-2-4-5-3-1;;/h4-7,11H,1-3H3;2*1-5H;1H3;/q-1;;;-1;+2. The number of nitrogens with one attached hydrogen (secondary N) is 1. The number of benzene rings is 1. The van der Waals surface area contributed by atoms with Gasteiger partial charge < -0.3 is 13.2 Å². The summed E-state index contributed by atoms with van der Waals surface area (Å²) in [5.74, 6) is 0. The van der Waals surface area contributed by atoms with E-state index in [-0.39, 0.29) is 39.0 Å². The molecule has 0 bridgehead atoms. The number of hydrogen-bond donors (Lipinski definition) is 0. The van der Waals surface area contributed by atoms with Crippen LogP contribution in [0.1, 0.15) is 26.3 Å². The van der Waals surface area contributed by atoms with Crippen molar-refractivity contribution in [3.05, 3.63) is 107 Å². The Morgan fingerprint density at radius 3 is 1.09 bits per heavy atom. The van der Waals surface area contributed by atoms with Crippen LogP contribution in [0, 0.1) is 71.6 Å². The maximum absolute atomic E-state index is 7.30. The Hall–Kier alpha value is -0.0969. The summed E-state index contributed by atoms with van der Waals surface area (Å²) in [7, 11) is 0. The first-order valence-electron chi connectivity index (χ1n) is 7.15. The van der Waals surface area contributed by atoms with E-state index in [9.17, 15) is 0 Å². The Kier molecular flexibility index (Phi) is 15.6. The van der Waals surface area contributed by atoms with Crippen LogP contribution in [-0.4, -0.2) is 0 Å². The molecule has 120 valence electrons. The van der Waals surface area contributed by atoms with Gasteiger partial charge in [0.15, 0.2) is 0 Å². The normalized spacial score (nSPS) is 16.0. The molecule has 10 radical (unpaired) electrons. The minimum absolute atomic E-state index is 0. The van der Waals surface area contributed by atoms with Gasteiger partial charge in [-0.05, 0) is 75.2 Å². The van der Waals surface area contributed by atoms with Crippen LogP contribution in [0.5, 0.6) is 0 Å². The Balaban J connectivity index is 0. The molecule has 0 amide bonds. The summed E-state index contributed by atoms with van der Waals surface area (Å²) in [5.41, 5.74) is 9.37. The topological polar surface area (TPSA) is 23.8 Å². The molecule has 23 heavy (non-hydrogen) atoms. The summed E-state index contributed by atoms with van der Waals surface area (Å²) in [4.78, 5) is 0. The average Bonchev–Trinajstić information content (AvgIpc) is 3.17. The van der Waals surface area contributed by atoms with Crippen molar-refractivity contribution in [1.82, 2.24) is 0 Å². The molecular weight excluding hydrogens is 357 g/mol. The van der Waals surface area contributed by atoms with Gasteiger partial charge in [0.2, 0.25) is 0 Å². The summed E-state index contributed by atoms with van der Waals surface area (Å²) >= 11 is 0. The summed E-state index contributed by atoms with van der Waals surface area (Å²) in [6, 6.07) is 7.70. The van der Waals surface area contributed by atoms with Gasteiger partial charge in [-0.3, -0.25) is 0 Å². The van der Waals surface area contributed by atoms with Crippen LogP contribution in [0.25, 0.3) is 5.73 Å². The molecular formula is C21H27NZr. The van der Waals surface area contributed by atoms with Gasteiger partial charge in [-0.15, -0.1) is 5.69 Å². The smallest absolute Gasteiger partial charge is 0.699 e. The molecule has 0 spiro atoms. The fourth-order valence-electron chi connectivity index (χ4n) is 1.61. The van der Waals surface area contributed by atoms with Crippen molar-refractivity contribution >= 4 is 5.69 Å². The van der Waals surface area contributed by atoms with Crippen molar-refractivity contribution in [2.45, 2.75) is 26.2 Å². The van der Waals surface area contributed by atoms with Crippen molar-refractivity contribution in [2.24, 2.45) is 0 Å². The fourth-order valence-corrected chi connectivity index (χ4v) is 1.61. The van der Waals surface area contributed by atoms with Gasteiger partial charge in [-0.25, -0.2) is 0 Å². The summed E-state index contributed by atoms with van der Waals surface area (Å²) < 4.78 is 0. The van der Waals surface area contributed by atoms with E-state index in [2.05, 4.69) is 20.8 Å². The first-order chi connectivity index (χ1) is 10.00. The molecule has 1 nitrogen and oxygen atoms in total. The molecule has 2 heteroatoms. The van der Waals surface area contributed by atoms with Crippen LogP contribution >= 0.6 is 0 Å². The molecule has 0 heterocycles. The van der Waals surface area contributed by atoms with Gasteiger partial charge in [0.25, 0.3) is 0 Å². The zero-order valence-corrected chi connectivity index (χ0v) is 17.0. The van der Waals surface area contributed by atoms with Gasteiger partial charge in [-0.1, -0.05) is 45.0 Å². The zero-order chi connectivity index (χ0) is 15.6. The number of hydrogen-bond acceptors (Lipinski definition) is 0. The quantitative estimate of drug-likeness (QED) is 0.478. The largest absolute Gasteiger partial charge is 2.00 e. The summed E-state index contributed by atoms with van der Waals surface area (Å²) in [5, 5.41) is 0. The van der Waals surface area contributed by atoms with Crippen molar-refractivity contribution in [1.29, 1.82) is 0 Å². The molecule has 2 fully saturated rings. The molecule has 0 aliphatic heterocycles. The van der Waals surface area contributed by atoms with Crippen LogP contribution < -0.4 is 0 Å². The molecule has 1 aromatic carbocycles. The van der Waals surface area contributed by atoms with Crippen LogP contribution in [0.15, 0.2) is 24.3 Å². The van der Waals surface area contributed by atoms with Crippen LogP contribution in [-0.2, 0) is 31.6 Å². The van der Waals surface area contributed by atoms with E-state index in [1.807, 2.05) is 88.5 Å². The van der Waals surface area contributed by atoms with Crippen LogP contribution in [0.4, 0.5) is 5.69 Å². The van der Waals surface area contributed by atoms with Gasteiger partial charge in [0.05, 0.1) is 0 Å². The first kappa shape index (κ1) is 25.1. The van der Waals surface area contributed by atoms with E-state index < -0.39 is 0 Å². The molecule has 0 aromatic heterocycles. The maximum atomic E-state index is 7.30. The molecule has 3 rings (SSSR count). The number of rotatable bonds is 0. The van der Waals surface area contributed by atoms with Crippen molar-refractivity contribution in [3.8, 4) is 0 Å². The maximum Gasteiger partial charge on any atom is 2.00 e. The van der Waals surface area contributed by atoms with E-state index in [0.717, 1.165) is 0 Å². The molecule has 0 unspecified atom stereocenters. The second-order valence-corrected chi connectivity index (χ2v) is 5.75. The predicted octanol–water partition coefficient (Wildman–Crippen LogP) is 6.16. The molecule has 0 saturated heterocycles. The fraction of sp³-hybridized carbons (Fsp3) is 0.190. The Morgan fingerprint density at radius 2 is 0.870 bits per heavy atom. The van der Waals surface area contributed by atoms with E-state index in [0.29, 0.717) is 5.69 Å². The van der Waals surface area contributed by atoms with E-state index >= 15 is 0 Å². The van der Waals surface area contributed by atoms with Gasteiger partial charge >= 0.3 is 26.2 Å². The van der Waals surface area contributed by atoms with Gasteiger partial charge in [0.1, 0.15) is 0 Å². The Bertz CT molecular complexity index is 331. The molecule has 2 saturated carbocycles. The second kappa shape index (κ2) is 14.3. The van der Waals surface area contributed by atoms with Crippen LogP contribution in [0.3, 0.4) is 0 Å². The summed E-state index contributed by atoms with van der Waals surface area (Å²) in [6.45, 7) is 6.52. The summed E-state index contributed by atoms with van der Waals surface area (Å²) in [6.07, 6.45) is 20.0. The van der Waals surface area contributed by atoms with E-state index in [4.69, 9.17) is 5.73 Å². The van der Waals surface area contributed by atoms with E-state index in [1.165, 1.54) is 5.56 Å². The molecule has 2 aliphatic rings. The van der Waals surface area contributed by atoms with Crippen molar-refractivity contribution in [2.75, 3.05) is 0 Å². The molecule has 2 aliphatic carbocycles. The van der Waals surface area contributed by atoms with Gasteiger partial charge in [-0.2, -0.15) is 0 Å². The first-order valence-corrected chi connectivity index (χ1v) is 7.15. The third-order valence-corrected chi connectivity index (χ3v) is 2.86. The van der Waals surface area contributed by atoms with E-state index in [1.54, 1.807) is 0 Å². The van der Waals surface area contributed by atoms with Crippen molar-refractivity contribution in [3.63, 3.8) is 0 Å². The zero-order valence-electron chi connectivity index (χ0n) is 14.6. The SMILES string of the molecule is CC(C)(C)c1ccc([NH-])cc1.[CH3-].[CH]1[CH][CH][CH][CH]1.[CH]1[CH][CH][CH][CH]1.[Zr+2]. The van der Waals surface area contributed by atoms with Crippen LogP contribution in [0.2, 0.25) is 0 Å². The Morgan fingerprint density at radius 1 is 0.609 bits per heavy atom. The minimum Gasteiger partial charge on any atom is -0.699 e. The van der Waals surface area contributed by atoms with Gasteiger partial charge in [0, 0.05) is 0 Å². The molecule has 1 N–H and O–H groups in total. The predicted molar refractivity (Wildman–Crippen MR) is 98.5 cm³/mol. The van der Waals surface area contributed by atoms with Crippen molar-refractivity contribution < 1.29 is 26.2 Å². The Labute approximate surface area is 164 Å². The third-order valence-electron chi connectivity index (χ3n) is 2.86. The molecule has 0 atom stereocenters. The average molecular weight is 385 g/mol. The third kappa shape index (κ3) is 12.9. The minimum atomic E-state index is 0. The second-order valence-electron chi connectivity index (χ2n) is 5.75. The molecule has 1 aromatic rings. The monoisotopic (exact) mass is 383 g/mol.